The molecular formula is C12H16F3NO3. The van der Waals surface area contributed by atoms with Crippen LogP contribution in [0.2, 0.25) is 0 Å². The van der Waals surface area contributed by atoms with E-state index in [1.807, 2.05) is 0 Å². The molecule has 0 aliphatic carbocycles. The highest BCUT2D eigenvalue weighted by Gasteiger charge is 2.38. The molecule has 1 atom stereocenters. The Labute approximate surface area is 109 Å². The Morgan fingerprint density at radius 1 is 1.37 bits per heavy atom. The second-order valence-corrected chi connectivity index (χ2v) is 3.87. The molecule has 0 saturated heterocycles. The molecule has 2 N–H and O–H groups in total. The van der Waals surface area contributed by atoms with Crippen LogP contribution in [0, 0.1) is 0 Å². The van der Waals surface area contributed by atoms with Crippen LogP contribution in [0.5, 0.6) is 11.5 Å². The van der Waals surface area contributed by atoms with Gasteiger partial charge in [-0.1, -0.05) is 6.07 Å². The van der Waals surface area contributed by atoms with Gasteiger partial charge in [0.2, 0.25) is 0 Å². The van der Waals surface area contributed by atoms with Gasteiger partial charge in [-0.15, -0.1) is 0 Å². The summed E-state index contributed by atoms with van der Waals surface area (Å²) in [6.45, 7) is -0.422. The molecule has 0 bridgehead atoms. The van der Waals surface area contributed by atoms with Gasteiger partial charge in [-0.2, -0.15) is 13.2 Å². The molecule has 0 aromatic heterocycles. The van der Waals surface area contributed by atoms with Gasteiger partial charge in [0.1, 0.15) is 18.1 Å². The Morgan fingerprint density at radius 3 is 2.58 bits per heavy atom. The molecule has 0 heterocycles. The number of hydrogen-bond acceptors (Lipinski definition) is 4. The zero-order valence-corrected chi connectivity index (χ0v) is 10.6. The Morgan fingerprint density at radius 2 is 2.05 bits per heavy atom. The molecule has 0 aliphatic heterocycles. The summed E-state index contributed by atoms with van der Waals surface area (Å²) in [6.07, 6.45) is -7.21. The van der Waals surface area contributed by atoms with Gasteiger partial charge in [-0.05, 0) is 13.1 Å². The summed E-state index contributed by atoms with van der Waals surface area (Å²) in [6, 6.07) is 4.85. The Hall–Kier alpha value is -1.47. The van der Waals surface area contributed by atoms with E-state index in [4.69, 9.17) is 14.6 Å². The summed E-state index contributed by atoms with van der Waals surface area (Å²) in [4.78, 5) is 0. The highest BCUT2D eigenvalue weighted by Crippen LogP contribution is 2.26. The molecule has 0 saturated carbocycles. The van der Waals surface area contributed by atoms with Crippen molar-refractivity contribution < 1.29 is 27.8 Å². The maximum atomic E-state index is 12.2. The van der Waals surface area contributed by atoms with Crippen LogP contribution in [0.4, 0.5) is 13.2 Å². The topological polar surface area (TPSA) is 50.7 Å². The average Bonchev–Trinajstić information content (AvgIpc) is 2.36. The largest absolute Gasteiger partial charge is 0.497 e. The van der Waals surface area contributed by atoms with Crippen LogP contribution >= 0.6 is 0 Å². The van der Waals surface area contributed by atoms with Crippen LogP contribution in [0.1, 0.15) is 5.56 Å². The molecule has 4 nitrogen and oxygen atoms in total. The third kappa shape index (κ3) is 4.60. The number of aliphatic hydroxyl groups is 1. The summed E-state index contributed by atoms with van der Waals surface area (Å²) in [5.41, 5.74) is 0.678. The van der Waals surface area contributed by atoms with Gasteiger partial charge in [-0.3, -0.25) is 0 Å². The van der Waals surface area contributed by atoms with Crippen molar-refractivity contribution in [3.05, 3.63) is 23.8 Å². The van der Waals surface area contributed by atoms with E-state index in [-0.39, 0.29) is 5.75 Å². The van der Waals surface area contributed by atoms with Crippen LogP contribution in [0.15, 0.2) is 18.2 Å². The van der Waals surface area contributed by atoms with E-state index in [0.29, 0.717) is 17.9 Å². The van der Waals surface area contributed by atoms with Crippen molar-refractivity contribution in [1.29, 1.82) is 0 Å². The number of ether oxygens (including phenoxy) is 2. The van der Waals surface area contributed by atoms with Gasteiger partial charge in [0.05, 0.1) is 7.11 Å². The van der Waals surface area contributed by atoms with Crippen LogP contribution < -0.4 is 14.8 Å². The molecule has 1 aromatic carbocycles. The summed E-state index contributed by atoms with van der Waals surface area (Å²) in [5, 5.41) is 11.8. The molecule has 19 heavy (non-hydrogen) atoms. The van der Waals surface area contributed by atoms with Crippen molar-refractivity contribution in [2.24, 2.45) is 0 Å². The van der Waals surface area contributed by atoms with Gasteiger partial charge in [0, 0.05) is 18.2 Å². The molecule has 0 fully saturated rings. The summed E-state index contributed by atoms with van der Waals surface area (Å²) >= 11 is 0. The molecule has 1 unspecified atom stereocenters. The van der Waals surface area contributed by atoms with Crippen LogP contribution in [0.3, 0.4) is 0 Å². The molecule has 1 aromatic rings. The van der Waals surface area contributed by atoms with E-state index < -0.39 is 18.9 Å². The molecule has 0 amide bonds. The number of alkyl halides is 3. The quantitative estimate of drug-likeness (QED) is 0.832. The first-order valence-corrected chi connectivity index (χ1v) is 5.57. The summed E-state index contributed by atoms with van der Waals surface area (Å²) < 4.78 is 46.5. The van der Waals surface area contributed by atoms with Crippen molar-refractivity contribution >= 4 is 0 Å². The lowest BCUT2D eigenvalue weighted by Gasteiger charge is -2.17. The molecular weight excluding hydrogens is 263 g/mol. The van der Waals surface area contributed by atoms with Gasteiger partial charge in [0.15, 0.2) is 6.10 Å². The first-order chi connectivity index (χ1) is 8.88. The lowest BCUT2D eigenvalue weighted by molar-refractivity contribution is -0.210. The number of benzene rings is 1. The predicted octanol–water partition coefficient (Wildman–Crippen LogP) is 1.72. The fourth-order valence-electron chi connectivity index (χ4n) is 1.40. The minimum absolute atomic E-state index is 0.247. The third-order valence-corrected chi connectivity index (χ3v) is 2.42. The van der Waals surface area contributed by atoms with Crippen molar-refractivity contribution in [2.45, 2.75) is 18.8 Å². The lowest BCUT2D eigenvalue weighted by atomic mass is 10.2. The zero-order valence-electron chi connectivity index (χ0n) is 10.6. The maximum absolute atomic E-state index is 12.2. The summed E-state index contributed by atoms with van der Waals surface area (Å²) in [5.74, 6) is 0.716. The standard InChI is InChI=1S/C12H16F3NO3/c1-16-6-8-3-4-9(18-2)5-10(8)19-7-11(17)12(13,14)15/h3-5,11,16-17H,6-7H2,1-2H3. The second-order valence-electron chi connectivity index (χ2n) is 3.87. The first-order valence-electron chi connectivity index (χ1n) is 5.57. The number of hydrogen-bond donors (Lipinski definition) is 2. The number of aliphatic hydroxyl groups excluding tert-OH is 1. The molecule has 0 radical (unpaired) electrons. The first kappa shape index (κ1) is 15.6. The van der Waals surface area contributed by atoms with E-state index >= 15 is 0 Å². The van der Waals surface area contributed by atoms with Crippen LogP contribution in [0.25, 0.3) is 0 Å². The van der Waals surface area contributed by atoms with Crippen LogP contribution in [-0.2, 0) is 6.54 Å². The van der Waals surface area contributed by atoms with Crippen molar-refractivity contribution in [3.63, 3.8) is 0 Å². The summed E-state index contributed by atoms with van der Waals surface area (Å²) in [7, 11) is 3.15. The molecule has 0 aliphatic rings. The minimum Gasteiger partial charge on any atom is -0.497 e. The molecule has 7 heteroatoms. The third-order valence-electron chi connectivity index (χ3n) is 2.42. The fraction of sp³-hybridized carbons (Fsp3) is 0.500. The molecule has 108 valence electrons. The van der Waals surface area contributed by atoms with Crippen molar-refractivity contribution in [3.8, 4) is 11.5 Å². The number of nitrogens with one attached hydrogen (secondary N) is 1. The Bertz CT molecular complexity index is 410. The molecule has 0 spiro atoms. The van der Waals surface area contributed by atoms with Crippen LogP contribution in [-0.4, -0.2) is 38.2 Å². The second kappa shape index (κ2) is 6.63. The van der Waals surface area contributed by atoms with Gasteiger partial charge in [0.25, 0.3) is 0 Å². The van der Waals surface area contributed by atoms with Crippen molar-refractivity contribution in [1.82, 2.24) is 5.32 Å². The van der Waals surface area contributed by atoms with E-state index in [9.17, 15) is 13.2 Å². The number of halogens is 3. The maximum Gasteiger partial charge on any atom is 0.417 e. The highest BCUT2D eigenvalue weighted by atomic mass is 19.4. The fourth-order valence-corrected chi connectivity index (χ4v) is 1.40. The normalized spacial score (nSPS) is 13.2. The smallest absolute Gasteiger partial charge is 0.417 e. The van der Waals surface area contributed by atoms with E-state index in [0.717, 1.165) is 0 Å². The lowest BCUT2D eigenvalue weighted by Crippen LogP contribution is -2.34. The van der Waals surface area contributed by atoms with E-state index in [1.54, 1.807) is 19.2 Å². The predicted molar refractivity (Wildman–Crippen MR) is 63.3 cm³/mol. The number of methoxy groups -OCH3 is 1. The minimum atomic E-state index is -4.69. The SMILES string of the molecule is CNCc1ccc(OC)cc1OCC(O)C(F)(F)F. The van der Waals surface area contributed by atoms with Gasteiger partial charge < -0.3 is 19.9 Å². The number of rotatable bonds is 6. The van der Waals surface area contributed by atoms with Gasteiger partial charge >= 0.3 is 6.18 Å². The van der Waals surface area contributed by atoms with Crippen molar-refractivity contribution in [2.75, 3.05) is 20.8 Å². The van der Waals surface area contributed by atoms with E-state index in [2.05, 4.69) is 5.32 Å². The Kier molecular flexibility index (Phi) is 5.44. The zero-order chi connectivity index (χ0) is 14.5. The highest BCUT2D eigenvalue weighted by molar-refractivity contribution is 5.40. The molecule has 1 rings (SSSR count). The van der Waals surface area contributed by atoms with E-state index in [1.165, 1.54) is 13.2 Å². The van der Waals surface area contributed by atoms with Gasteiger partial charge in [-0.25, -0.2) is 0 Å². The average molecular weight is 279 g/mol. The monoisotopic (exact) mass is 279 g/mol. The Balaban J connectivity index is 2.79.